The molecule has 9 heteroatoms. The molecule has 0 spiro atoms. The van der Waals surface area contributed by atoms with E-state index >= 15 is 0 Å². The Kier molecular flexibility index (Phi) is 7.01. The molecule has 2 amide bonds. The Hall–Kier alpha value is -1.86. The number of thiocarbonyl (C=S) groups is 1. The minimum Gasteiger partial charge on any atom is -0.487 e. The molecule has 1 fully saturated rings. The summed E-state index contributed by atoms with van der Waals surface area (Å²) < 4.78 is 21.5. The molecule has 0 aliphatic carbocycles. The lowest BCUT2D eigenvalue weighted by Gasteiger charge is -2.29. The van der Waals surface area contributed by atoms with Crippen molar-refractivity contribution in [2.24, 2.45) is 0 Å². The molecule has 0 atom stereocenters. The van der Waals surface area contributed by atoms with Crippen LogP contribution in [-0.2, 0) is 9.59 Å². The molecule has 2 aromatic rings. The van der Waals surface area contributed by atoms with Gasteiger partial charge in [-0.25, -0.2) is 9.29 Å². The van der Waals surface area contributed by atoms with Crippen molar-refractivity contribution in [3.63, 3.8) is 0 Å². The van der Waals surface area contributed by atoms with E-state index < -0.39 is 17.6 Å². The Bertz CT molecular complexity index is 1050. The normalized spacial score (nSPS) is 15.5. The van der Waals surface area contributed by atoms with Crippen LogP contribution in [0.5, 0.6) is 5.75 Å². The van der Waals surface area contributed by atoms with Gasteiger partial charge in [0.05, 0.1) is 12.8 Å². The van der Waals surface area contributed by atoms with Crippen LogP contribution in [0, 0.1) is 13.0 Å². The quantitative estimate of drug-likeness (QED) is 0.174. The number of benzene rings is 2. The van der Waals surface area contributed by atoms with Crippen LogP contribution in [0.3, 0.4) is 0 Å². The lowest BCUT2D eigenvalue weighted by molar-refractivity contribution is -0.122. The summed E-state index contributed by atoms with van der Waals surface area (Å²) in [6, 6.07) is 9.31. The summed E-state index contributed by atoms with van der Waals surface area (Å²) in [4.78, 5) is 26.4. The van der Waals surface area contributed by atoms with Crippen molar-refractivity contribution < 1.29 is 18.7 Å². The van der Waals surface area contributed by atoms with E-state index in [-0.39, 0.29) is 16.4 Å². The zero-order valence-corrected chi connectivity index (χ0v) is 19.9. The first-order valence-electron chi connectivity index (χ1n) is 8.22. The van der Waals surface area contributed by atoms with Gasteiger partial charge >= 0.3 is 0 Å². The average molecular weight is 634 g/mol. The minimum absolute atomic E-state index is 0.0225. The summed E-state index contributed by atoms with van der Waals surface area (Å²) in [6.07, 6.45) is 3.10. The Morgan fingerprint density at radius 3 is 2.48 bits per heavy atom. The number of nitrogens with one attached hydrogen (secondary N) is 1. The number of anilines is 1. The number of carbonyl (C=O) groups excluding carboxylic acids is 2. The smallest absolute Gasteiger partial charge is 0.270 e. The van der Waals surface area contributed by atoms with E-state index in [2.05, 4.69) is 57.1 Å². The summed E-state index contributed by atoms with van der Waals surface area (Å²) in [7, 11) is 0. The van der Waals surface area contributed by atoms with Crippen molar-refractivity contribution in [1.82, 2.24) is 5.32 Å². The van der Waals surface area contributed by atoms with Crippen molar-refractivity contribution in [1.29, 1.82) is 0 Å². The number of hydrogen-bond acceptors (Lipinski definition) is 4. The second kappa shape index (κ2) is 9.30. The average Bonchev–Trinajstić information content (AvgIpc) is 2.66. The third-order valence-corrected chi connectivity index (χ3v) is 5.76. The lowest BCUT2D eigenvalue weighted by Crippen LogP contribution is -2.54. The van der Waals surface area contributed by atoms with Gasteiger partial charge in [0.1, 0.15) is 23.7 Å². The molecule has 1 saturated heterocycles. The first-order chi connectivity index (χ1) is 13.8. The Labute approximate surface area is 199 Å². The molecule has 0 bridgehead atoms. The molecule has 29 heavy (non-hydrogen) atoms. The molecule has 0 radical (unpaired) electrons. The van der Waals surface area contributed by atoms with Crippen LogP contribution in [0.2, 0.25) is 0 Å². The van der Waals surface area contributed by atoms with Crippen LogP contribution >= 0.6 is 57.4 Å². The Morgan fingerprint density at radius 2 is 1.86 bits per heavy atom. The van der Waals surface area contributed by atoms with Gasteiger partial charge in [0.25, 0.3) is 11.8 Å². The third-order valence-electron chi connectivity index (χ3n) is 3.87. The SMILES string of the molecule is C=CCOc1c(I)cc(C=C2C(=O)NC(=S)N(c3ccccc3F)C2=O)cc1I. The topological polar surface area (TPSA) is 58.6 Å². The number of hydrogen-bond donors (Lipinski definition) is 1. The van der Waals surface area contributed by atoms with Crippen LogP contribution in [0.1, 0.15) is 5.56 Å². The van der Waals surface area contributed by atoms with Crippen LogP contribution in [0.25, 0.3) is 6.08 Å². The predicted octanol–water partition coefficient (Wildman–Crippen LogP) is 4.43. The van der Waals surface area contributed by atoms with Crippen molar-refractivity contribution in [2.75, 3.05) is 11.5 Å². The van der Waals surface area contributed by atoms with Gasteiger partial charge in [0, 0.05) is 0 Å². The van der Waals surface area contributed by atoms with E-state index in [0.717, 1.165) is 12.0 Å². The summed E-state index contributed by atoms with van der Waals surface area (Å²) in [5.74, 6) is -1.25. The highest BCUT2D eigenvalue weighted by atomic mass is 127. The highest BCUT2D eigenvalue weighted by Gasteiger charge is 2.35. The molecule has 0 aromatic heterocycles. The van der Waals surface area contributed by atoms with E-state index in [9.17, 15) is 14.0 Å². The Balaban J connectivity index is 2.01. The first kappa shape index (κ1) is 21.8. The van der Waals surface area contributed by atoms with Crippen LogP contribution in [0.4, 0.5) is 10.1 Å². The standard InChI is InChI=1S/C20H13FI2N2O3S/c1-2-7-28-17-14(22)9-11(10-15(17)23)8-12-18(26)24-20(29)25(19(12)27)16-6-4-3-5-13(16)21/h2-6,8-10H,1,7H2,(H,24,26,29). The zero-order valence-electron chi connectivity index (χ0n) is 14.7. The van der Waals surface area contributed by atoms with Gasteiger partial charge < -0.3 is 4.74 Å². The van der Waals surface area contributed by atoms with Crippen molar-refractivity contribution in [3.05, 3.63) is 73.1 Å². The molecule has 0 unspecified atom stereocenters. The highest BCUT2D eigenvalue weighted by molar-refractivity contribution is 14.1. The maximum atomic E-state index is 14.2. The minimum atomic E-state index is -0.694. The molecule has 1 N–H and O–H groups in total. The second-order valence-corrected chi connectivity index (χ2v) is 8.53. The van der Waals surface area contributed by atoms with E-state index in [4.69, 9.17) is 17.0 Å². The van der Waals surface area contributed by atoms with Gasteiger partial charge in [-0.1, -0.05) is 24.8 Å². The molecule has 0 saturated carbocycles. The highest BCUT2D eigenvalue weighted by Crippen LogP contribution is 2.31. The molecule has 5 nitrogen and oxygen atoms in total. The van der Waals surface area contributed by atoms with E-state index in [0.29, 0.717) is 17.9 Å². The summed E-state index contributed by atoms with van der Waals surface area (Å²) >= 11 is 9.33. The summed E-state index contributed by atoms with van der Waals surface area (Å²) in [6.45, 7) is 3.99. The maximum absolute atomic E-state index is 14.2. The van der Waals surface area contributed by atoms with Gasteiger partial charge in [-0.05, 0) is 93.3 Å². The van der Waals surface area contributed by atoms with E-state index in [1.54, 1.807) is 24.3 Å². The largest absolute Gasteiger partial charge is 0.487 e. The number of para-hydroxylation sites is 1. The fourth-order valence-electron chi connectivity index (χ4n) is 2.62. The fourth-order valence-corrected chi connectivity index (χ4v) is 5.02. The van der Waals surface area contributed by atoms with E-state index in [1.165, 1.54) is 24.3 Å². The number of amides is 2. The summed E-state index contributed by atoms with van der Waals surface area (Å²) in [5, 5.41) is 2.28. The second-order valence-electron chi connectivity index (χ2n) is 5.82. The Morgan fingerprint density at radius 1 is 1.21 bits per heavy atom. The van der Waals surface area contributed by atoms with Crippen molar-refractivity contribution >= 4 is 86.1 Å². The molecule has 1 heterocycles. The number of nitrogens with zero attached hydrogens (tertiary/aromatic N) is 1. The first-order valence-corrected chi connectivity index (χ1v) is 10.8. The number of carbonyl (C=O) groups is 2. The molecule has 3 rings (SSSR count). The number of halogens is 3. The third kappa shape index (κ3) is 4.67. The van der Waals surface area contributed by atoms with Gasteiger partial charge in [0.15, 0.2) is 5.11 Å². The van der Waals surface area contributed by atoms with Crippen LogP contribution in [-0.4, -0.2) is 23.5 Å². The molecule has 2 aromatic carbocycles. The summed E-state index contributed by atoms with van der Waals surface area (Å²) in [5.41, 5.74) is 0.462. The number of rotatable bonds is 5. The van der Waals surface area contributed by atoms with Crippen LogP contribution < -0.4 is 15.0 Å². The molecule has 148 valence electrons. The lowest BCUT2D eigenvalue weighted by atomic mass is 10.1. The monoisotopic (exact) mass is 634 g/mol. The van der Waals surface area contributed by atoms with Gasteiger partial charge in [-0.15, -0.1) is 0 Å². The van der Waals surface area contributed by atoms with Crippen LogP contribution in [0.15, 0.2) is 54.6 Å². The van der Waals surface area contributed by atoms with Crippen molar-refractivity contribution in [3.8, 4) is 5.75 Å². The molecular formula is C20H13FI2N2O3S. The van der Waals surface area contributed by atoms with Gasteiger partial charge in [0.2, 0.25) is 0 Å². The maximum Gasteiger partial charge on any atom is 0.270 e. The molecular weight excluding hydrogens is 621 g/mol. The molecule has 1 aliphatic rings. The van der Waals surface area contributed by atoms with Crippen molar-refractivity contribution in [2.45, 2.75) is 0 Å². The van der Waals surface area contributed by atoms with E-state index in [1.807, 2.05) is 0 Å². The van der Waals surface area contributed by atoms with Gasteiger partial charge in [-0.3, -0.25) is 14.9 Å². The zero-order chi connectivity index (χ0) is 21.1. The fraction of sp³-hybridized carbons (Fsp3) is 0.0500. The van der Waals surface area contributed by atoms with Gasteiger partial charge in [-0.2, -0.15) is 0 Å². The predicted molar refractivity (Wildman–Crippen MR) is 130 cm³/mol. The molecule has 1 aliphatic heterocycles. The number of ether oxygens (including phenoxy) is 1.